The molecule has 1 N–H and O–H groups in total. The average Bonchev–Trinajstić information content (AvgIpc) is 2.73. The van der Waals surface area contributed by atoms with Crippen molar-refractivity contribution in [1.82, 2.24) is 15.1 Å². The number of carbonyl (C=O) groups excluding carboxylic acids is 1. The molecule has 0 saturated heterocycles. The Morgan fingerprint density at radius 1 is 1.33 bits per heavy atom. The van der Waals surface area contributed by atoms with Crippen LogP contribution in [-0.4, -0.2) is 35.4 Å². The third-order valence-corrected chi connectivity index (χ3v) is 4.71. The van der Waals surface area contributed by atoms with Crippen LogP contribution in [0.25, 0.3) is 0 Å². The first-order valence-electron chi connectivity index (χ1n) is 7.82. The number of carbonyl (C=O) groups is 1. The van der Waals surface area contributed by atoms with Crippen LogP contribution in [0.3, 0.4) is 0 Å². The molecule has 118 valence electrons. The molecule has 1 aromatic rings. The lowest BCUT2D eigenvalue weighted by Crippen LogP contribution is -2.35. The molecular weight excluding hydrogens is 266 g/mol. The van der Waals surface area contributed by atoms with Gasteiger partial charge in [0.15, 0.2) is 0 Å². The fourth-order valence-corrected chi connectivity index (χ4v) is 3.20. The number of nitrogens with one attached hydrogen (secondary N) is 1. The SMILES string of the molecule is COC1CCC(C(=O)NCCc2c(C)nn(C)c2C)CC1. The summed E-state index contributed by atoms with van der Waals surface area (Å²) in [7, 11) is 3.71. The minimum absolute atomic E-state index is 0.160. The molecule has 1 saturated carbocycles. The Bertz CT molecular complexity index is 488. The molecule has 0 radical (unpaired) electrons. The Labute approximate surface area is 127 Å². The van der Waals surface area contributed by atoms with E-state index in [4.69, 9.17) is 4.74 Å². The van der Waals surface area contributed by atoms with E-state index >= 15 is 0 Å². The molecule has 0 bridgehead atoms. The predicted molar refractivity (Wildman–Crippen MR) is 82.2 cm³/mol. The van der Waals surface area contributed by atoms with Crippen LogP contribution in [0.1, 0.15) is 42.6 Å². The van der Waals surface area contributed by atoms with Gasteiger partial charge >= 0.3 is 0 Å². The van der Waals surface area contributed by atoms with E-state index in [0.29, 0.717) is 12.6 Å². The molecule has 2 rings (SSSR count). The summed E-state index contributed by atoms with van der Waals surface area (Å²) in [6.07, 6.45) is 5.06. The monoisotopic (exact) mass is 293 g/mol. The van der Waals surface area contributed by atoms with Crippen LogP contribution in [0.4, 0.5) is 0 Å². The van der Waals surface area contributed by atoms with Gasteiger partial charge in [-0.3, -0.25) is 9.48 Å². The maximum Gasteiger partial charge on any atom is 0.223 e. The highest BCUT2D eigenvalue weighted by atomic mass is 16.5. The zero-order chi connectivity index (χ0) is 15.4. The van der Waals surface area contributed by atoms with Crippen LogP contribution in [0.5, 0.6) is 0 Å². The van der Waals surface area contributed by atoms with Gasteiger partial charge in [-0.2, -0.15) is 5.10 Å². The molecule has 21 heavy (non-hydrogen) atoms. The van der Waals surface area contributed by atoms with Crippen molar-refractivity contribution in [3.8, 4) is 0 Å². The molecule has 0 atom stereocenters. The quantitative estimate of drug-likeness (QED) is 0.902. The summed E-state index contributed by atoms with van der Waals surface area (Å²) < 4.78 is 7.25. The lowest BCUT2D eigenvalue weighted by Gasteiger charge is -2.26. The van der Waals surface area contributed by atoms with Crippen molar-refractivity contribution in [2.45, 2.75) is 52.1 Å². The second-order valence-electron chi connectivity index (χ2n) is 6.02. The van der Waals surface area contributed by atoms with Gasteiger partial charge in [-0.25, -0.2) is 0 Å². The maximum atomic E-state index is 12.2. The first-order chi connectivity index (χ1) is 10.0. The Morgan fingerprint density at radius 3 is 2.52 bits per heavy atom. The topological polar surface area (TPSA) is 56.1 Å². The van der Waals surface area contributed by atoms with E-state index in [1.165, 1.54) is 11.3 Å². The highest BCUT2D eigenvalue weighted by molar-refractivity contribution is 5.78. The van der Waals surface area contributed by atoms with Crippen LogP contribution >= 0.6 is 0 Å². The summed E-state index contributed by atoms with van der Waals surface area (Å²) in [5.74, 6) is 0.358. The van der Waals surface area contributed by atoms with Crippen LogP contribution < -0.4 is 5.32 Å². The average molecular weight is 293 g/mol. The van der Waals surface area contributed by atoms with E-state index < -0.39 is 0 Å². The molecule has 0 unspecified atom stereocenters. The number of aromatic nitrogens is 2. The molecule has 5 heteroatoms. The molecule has 1 heterocycles. The standard InChI is InChI=1S/C16H27N3O2/c1-11-15(12(2)19(3)18-11)9-10-17-16(20)13-5-7-14(21-4)8-6-13/h13-14H,5-10H2,1-4H3,(H,17,20). The van der Waals surface area contributed by atoms with Gasteiger partial charge in [-0.05, 0) is 51.5 Å². The fraction of sp³-hybridized carbons (Fsp3) is 0.750. The van der Waals surface area contributed by atoms with Gasteiger partial charge in [-0.15, -0.1) is 0 Å². The molecule has 5 nitrogen and oxygen atoms in total. The van der Waals surface area contributed by atoms with Crippen molar-refractivity contribution >= 4 is 5.91 Å². The molecule has 1 aliphatic carbocycles. The smallest absolute Gasteiger partial charge is 0.223 e. The van der Waals surface area contributed by atoms with Gasteiger partial charge in [0.2, 0.25) is 5.91 Å². The number of nitrogens with zero attached hydrogens (tertiary/aromatic N) is 2. The summed E-state index contributed by atoms with van der Waals surface area (Å²) in [5.41, 5.74) is 3.49. The van der Waals surface area contributed by atoms with Gasteiger partial charge < -0.3 is 10.1 Å². The van der Waals surface area contributed by atoms with Gasteiger partial charge in [0.1, 0.15) is 0 Å². The van der Waals surface area contributed by atoms with Crippen molar-refractivity contribution in [2.75, 3.05) is 13.7 Å². The summed E-state index contributed by atoms with van der Waals surface area (Å²) in [4.78, 5) is 12.2. The van der Waals surface area contributed by atoms with E-state index in [2.05, 4.69) is 17.3 Å². The fourth-order valence-electron chi connectivity index (χ4n) is 3.20. The minimum Gasteiger partial charge on any atom is -0.381 e. The number of hydrogen-bond acceptors (Lipinski definition) is 3. The molecule has 0 spiro atoms. The van der Waals surface area contributed by atoms with Gasteiger partial charge in [-0.1, -0.05) is 0 Å². The zero-order valence-electron chi connectivity index (χ0n) is 13.6. The normalized spacial score (nSPS) is 22.3. The van der Waals surface area contributed by atoms with E-state index in [1.807, 2.05) is 18.7 Å². The molecule has 1 amide bonds. The summed E-state index contributed by atoms with van der Waals surface area (Å²) in [6.45, 7) is 4.79. The number of ether oxygens (including phenoxy) is 1. The first kappa shape index (κ1) is 16.0. The largest absolute Gasteiger partial charge is 0.381 e. The summed E-state index contributed by atoms with van der Waals surface area (Å²) >= 11 is 0. The molecular formula is C16H27N3O2. The van der Waals surface area contributed by atoms with Crippen molar-refractivity contribution < 1.29 is 9.53 Å². The van der Waals surface area contributed by atoms with E-state index in [9.17, 15) is 4.79 Å². The Hall–Kier alpha value is -1.36. The third-order valence-electron chi connectivity index (χ3n) is 4.71. The van der Waals surface area contributed by atoms with Crippen molar-refractivity contribution in [1.29, 1.82) is 0 Å². The second kappa shape index (κ2) is 7.07. The van der Waals surface area contributed by atoms with Crippen LogP contribution in [0, 0.1) is 19.8 Å². The lowest BCUT2D eigenvalue weighted by molar-refractivity contribution is -0.126. The predicted octanol–water partition coefficient (Wildman–Crippen LogP) is 1.90. The van der Waals surface area contributed by atoms with E-state index in [0.717, 1.165) is 37.8 Å². The lowest BCUT2D eigenvalue weighted by atomic mass is 9.87. The number of aryl methyl sites for hydroxylation is 2. The van der Waals surface area contributed by atoms with Gasteiger partial charge in [0.05, 0.1) is 11.8 Å². The molecule has 1 fully saturated rings. The number of rotatable bonds is 5. The summed E-state index contributed by atoms with van der Waals surface area (Å²) in [5, 5.41) is 7.49. The molecule has 0 aromatic carbocycles. The van der Waals surface area contributed by atoms with Gasteiger partial charge in [0, 0.05) is 32.3 Å². The minimum atomic E-state index is 0.160. The Kier molecular flexibility index (Phi) is 5.39. The second-order valence-corrected chi connectivity index (χ2v) is 6.02. The van der Waals surface area contributed by atoms with Crippen molar-refractivity contribution in [3.05, 3.63) is 17.0 Å². The first-order valence-corrected chi connectivity index (χ1v) is 7.82. The zero-order valence-corrected chi connectivity index (χ0v) is 13.6. The molecule has 0 aliphatic heterocycles. The van der Waals surface area contributed by atoms with Crippen LogP contribution in [0.15, 0.2) is 0 Å². The molecule has 1 aromatic heterocycles. The Balaban J connectivity index is 1.77. The maximum absolute atomic E-state index is 12.2. The Morgan fingerprint density at radius 2 is 2.00 bits per heavy atom. The number of amides is 1. The van der Waals surface area contributed by atoms with E-state index in [1.54, 1.807) is 7.11 Å². The highest BCUT2D eigenvalue weighted by Gasteiger charge is 2.25. The third kappa shape index (κ3) is 3.84. The summed E-state index contributed by atoms with van der Waals surface area (Å²) in [6, 6.07) is 0. The number of hydrogen-bond donors (Lipinski definition) is 1. The highest BCUT2D eigenvalue weighted by Crippen LogP contribution is 2.25. The van der Waals surface area contributed by atoms with Crippen molar-refractivity contribution in [3.63, 3.8) is 0 Å². The van der Waals surface area contributed by atoms with Crippen LogP contribution in [0.2, 0.25) is 0 Å². The van der Waals surface area contributed by atoms with Gasteiger partial charge in [0.25, 0.3) is 0 Å². The number of methoxy groups -OCH3 is 1. The molecule has 1 aliphatic rings. The van der Waals surface area contributed by atoms with Crippen molar-refractivity contribution in [2.24, 2.45) is 13.0 Å². The van der Waals surface area contributed by atoms with Crippen LogP contribution in [-0.2, 0) is 23.0 Å². The van der Waals surface area contributed by atoms with E-state index in [-0.39, 0.29) is 11.8 Å².